The number of hydrogen-bond donors (Lipinski definition) is 3. The minimum Gasteiger partial charge on any atom is -0.444 e. The third-order valence-corrected chi connectivity index (χ3v) is 6.56. The van der Waals surface area contributed by atoms with Gasteiger partial charge in [0.1, 0.15) is 17.7 Å². The number of para-hydroxylation sites is 1. The van der Waals surface area contributed by atoms with Gasteiger partial charge < -0.3 is 25.4 Å². The molecule has 2 unspecified atom stereocenters. The number of hydrogen-bond acceptors (Lipinski definition) is 5. The summed E-state index contributed by atoms with van der Waals surface area (Å²) >= 11 is 0. The minimum atomic E-state index is -1.28. The highest BCUT2D eigenvalue weighted by Crippen LogP contribution is 2.29. The lowest BCUT2D eigenvalue weighted by molar-refractivity contribution is -0.141. The van der Waals surface area contributed by atoms with Gasteiger partial charge in [-0.2, -0.15) is 0 Å². The molecule has 40 heavy (non-hydrogen) atoms. The number of rotatable bonds is 12. The Labute approximate surface area is 239 Å². The van der Waals surface area contributed by atoms with Gasteiger partial charge in [0.25, 0.3) is 5.91 Å². The van der Waals surface area contributed by atoms with E-state index >= 15 is 0 Å². The summed E-state index contributed by atoms with van der Waals surface area (Å²) in [6, 6.07) is 9.34. The maximum absolute atomic E-state index is 14.1. The summed E-state index contributed by atoms with van der Waals surface area (Å²) in [6.45, 7) is 14.7. The quantitative estimate of drug-likeness (QED) is 0.284. The second-order valence-corrected chi connectivity index (χ2v) is 11.6. The zero-order valence-corrected chi connectivity index (χ0v) is 25.4. The highest BCUT2D eigenvalue weighted by Gasteiger charge is 2.36. The van der Waals surface area contributed by atoms with E-state index in [4.69, 9.17) is 4.74 Å². The van der Waals surface area contributed by atoms with E-state index in [9.17, 15) is 19.5 Å². The van der Waals surface area contributed by atoms with Gasteiger partial charge in [-0.25, -0.2) is 4.79 Å². The predicted molar refractivity (Wildman–Crippen MR) is 159 cm³/mol. The molecule has 0 bridgehead atoms. The molecular weight excluding hydrogens is 506 g/mol. The number of unbranched alkanes of at least 4 members (excludes halogenated alkanes) is 3. The van der Waals surface area contributed by atoms with E-state index in [-0.39, 0.29) is 12.5 Å². The standard InChI is InChI=1S/C32H47N3O5/c1-9-10-11-12-16-35(30(38)26(20-36)33-31(39)40-32(6,7)8)28(25-18-21(2)17-22(3)19-25)29(37)34-27-23(4)14-13-15-24(27)5/h13-15,17-19,26,28,36H,9-12,16,20H2,1-8H3,(H,33,39)(H,34,37). The smallest absolute Gasteiger partial charge is 0.408 e. The normalized spacial score (nSPS) is 12.8. The van der Waals surface area contributed by atoms with Gasteiger partial charge in [-0.3, -0.25) is 9.59 Å². The molecule has 2 aromatic carbocycles. The Hall–Kier alpha value is -3.39. The highest BCUT2D eigenvalue weighted by molar-refractivity contribution is 6.00. The molecule has 0 heterocycles. The first-order valence-corrected chi connectivity index (χ1v) is 14.1. The van der Waals surface area contributed by atoms with E-state index in [1.807, 2.05) is 64.1 Å². The number of alkyl carbamates (subject to hydrolysis) is 1. The van der Waals surface area contributed by atoms with Crippen molar-refractivity contribution < 1.29 is 24.2 Å². The lowest BCUT2D eigenvalue weighted by atomic mass is 9.97. The number of anilines is 1. The van der Waals surface area contributed by atoms with E-state index in [2.05, 4.69) is 17.6 Å². The van der Waals surface area contributed by atoms with Gasteiger partial charge >= 0.3 is 6.09 Å². The Kier molecular flexibility index (Phi) is 12.2. The van der Waals surface area contributed by atoms with Gasteiger partial charge in [0, 0.05) is 12.2 Å². The van der Waals surface area contributed by atoms with Crippen molar-refractivity contribution in [3.8, 4) is 0 Å². The molecular formula is C32H47N3O5. The largest absolute Gasteiger partial charge is 0.444 e. The third-order valence-electron chi connectivity index (χ3n) is 6.56. The van der Waals surface area contributed by atoms with Crippen molar-refractivity contribution in [1.82, 2.24) is 10.2 Å². The van der Waals surface area contributed by atoms with Crippen molar-refractivity contribution in [2.75, 3.05) is 18.5 Å². The van der Waals surface area contributed by atoms with Crippen LogP contribution in [0.15, 0.2) is 36.4 Å². The molecule has 0 saturated heterocycles. The number of benzene rings is 2. The summed E-state index contributed by atoms with van der Waals surface area (Å²) in [6.07, 6.45) is 2.74. The molecule has 3 N–H and O–H groups in total. The molecule has 8 nitrogen and oxygen atoms in total. The van der Waals surface area contributed by atoms with Crippen LogP contribution >= 0.6 is 0 Å². The van der Waals surface area contributed by atoms with E-state index in [0.717, 1.165) is 41.5 Å². The Balaban J connectivity index is 2.57. The van der Waals surface area contributed by atoms with Crippen LogP contribution < -0.4 is 10.6 Å². The number of aryl methyl sites for hydroxylation is 4. The first-order valence-electron chi connectivity index (χ1n) is 14.1. The molecule has 0 aliphatic rings. The number of ether oxygens (including phenoxy) is 1. The van der Waals surface area contributed by atoms with Crippen LogP contribution in [-0.4, -0.2) is 52.7 Å². The van der Waals surface area contributed by atoms with Crippen LogP contribution in [0.1, 0.15) is 87.2 Å². The third kappa shape index (κ3) is 9.66. The molecule has 8 heteroatoms. The fourth-order valence-electron chi connectivity index (χ4n) is 4.75. The number of nitrogens with one attached hydrogen (secondary N) is 2. The Bertz CT molecular complexity index is 1130. The zero-order chi connectivity index (χ0) is 30.0. The zero-order valence-electron chi connectivity index (χ0n) is 25.4. The minimum absolute atomic E-state index is 0.281. The van der Waals surface area contributed by atoms with Crippen LogP contribution in [0.2, 0.25) is 0 Å². The number of carbonyl (C=O) groups excluding carboxylic acids is 3. The predicted octanol–water partition coefficient (Wildman–Crippen LogP) is 5.89. The number of carbonyl (C=O) groups is 3. The summed E-state index contributed by atoms with van der Waals surface area (Å²) in [5, 5.41) is 15.8. The summed E-state index contributed by atoms with van der Waals surface area (Å²) in [7, 11) is 0. The van der Waals surface area contributed by atoms with E-state index < -0.39 is 36.3 Å². The van der Waals surface area contributed by atoms with Gasteiger partial charge in [-0.1, -0.05) is 73.7 Å². The maximum Gasteiger partial charge on any atom is 0.408 e. The number of nitrogens with zero attached hydrogens (tertiary/aromatic N) is 1. The van der Waals surface area contributed by atoms with Crippen LogP contribution in [0.4, 0.5) is 10.5 Å². The van der Waals surface area contributed by atoms with Crippen LogP contribution in [0.3, 0.4) is 0 Å². The highest BCUT2D eigenvalue weighted by atomic mass is 16.6. The summed E-state index contributed by atoms with van der Waals surface area (Å²) in [4.78, 5) is 42.2. The van der Waals surface area contributed by atoms with Crippen molar-refractivity contribution in [2.45, 2.75) is 98.8 Å². The van der Waals surface area contributed by atoms with Crippen LogP contribution in [0.25, 0.3) is 0 Å². The van der Waals surface area contributed by atoms with Gasteiger partial charge in [0.05, 0.1) is 6.61 Å². The molecule has 0 radical (unpaired) electrons. The van der Waals surface area contributed by atoms with Crippen molar-refractivity contribution in [2.24, 2.45) is 0 Å². The molecule has 0 fully saturated rings. The second kappa shape index (κ2) is 14.8. The Morgan fingerprint density at radius 2 is 1.55 bits per heavy atom. The Morgan fingerprint density at radius 1 is 0.950 bits per heavy atom. The molecule has 3 amide bonds. The average molecular weight is 554 g/mol. The number of aliphatic hydroxyl groups excluding tert-OH is 1. The van der Waals surface area contributed by atoms with Crippen molar-refractivity contribution in [3.63, 3.8) is 0 Å². The second-order valence-electron chi connectivity index (χ2n) is 11.6. The first-order chi connectivity index (χ1) is 18.8. The van der Waals surface area contributed by atoms with Gasteiger partial charge in [-0.05, 0) is 71.6 Å². The van der Waals surface area contributed by atoms with Crippen LogP contribution in [0, 0.1) is 27.7 Å². The Morgan fingerprint density at radius 3 is 2.08 bits per heavy atom. The summed E-state index contributed by atoms with van der Waals surface area (Å²) in [5.41, 5.74) is 4.33. The number of amides is 3. The van der Waals surface area contributed by atoms with E-state index in [0.29, 0.717) is 17.7 Å². The van der Waals surface area contributed by atoms with Gasteiger partial charge in [0.2, 0.25) is 5.91 Å². The molecule has 0 saturated carbocycles. The van der Waals surface area contributed by atoms with Crippen LogP contribution in [-0.2, 0) is 14.3 Å². The SMILES string of the molecule is CCCCCCN(C(=O)C(CO)NC(=O)OC(C)(C)C)C(C(=O)Nc1c(C)cccc1C)c1cc(C)cc(C)c1. The maximum atomic E-state index is 14.1. The molecule has 2 rings (SSSR count). The molecule has 0 spiro atoms. The number of aliphatic hydroxyl groups is 1. The lowest BCUT2D eigenvalue weighted by Gasteiger charge is -2.34. The topological polar surface area (TPSA) is 108 Å². The van der Waals surface area contributed by atoms with Crippen LogP contribution in [0.5, 0.6) is 0 Å². The molecule has 2 atom stereocenters. The molecule has 0 aromatic heterocycles. The molecule has 2 aromatic rings. The van der Waals surface area contributed by atoms with Crippen molar-refractivity contribution >= 4 is 23.6 Å². The molecule has 0 aliphatic carbocycles. The molecule has 0 aliphatic heterocycles. The lowest BCUT2D eigenvalue weighted by Crippen LogP contribution is -2.54. The average Bonchev–Trinajstić information content (AvgIpc) is 2.84. The van der Waals surface area contributed by atoms with Gasteiger partial charge in [-0.15, -0.1) is 0 Å². The van der Waals surface area contributed by atoms with Gasteiger partial charge in [0.15, 0.2) is 0 Å². The van der Waals surface area contributed by atoms with E-state index in [1.54, 1.807) is 20.8 Å². The first kappa shape index (κ1) is 32.8. The summed E-state index contributed by atoms with van der Waals surface area (Å²) < 4.78 is 5.33. The molecule has 220 valence electrons. The van der Waals surface area contributed by atoms with Crippen molar-refractivity contribution in [1.29, 1.82) is 0 Å². The van der Waals surface area contributed by atoms with Crippen molar-refractivity contribution in [3.05, 3.63) is 64.2 Å². The summed E-state index contributed by atoms with van der Waals surface area (Å²) in [5.74, 6) is -0.911. The monoisotopic (exact) mass is 553 g/mol. The van der Waals surface area contributed by atoms with E-state index in [1.165, 1.54) is 4.90 Å². The fraction of sp³-hybridized carbons (Fsp3) is 0.531. The fourth-order valence-corrected chi connectivity index (χ4v) is 4.75.